The van der Waals surface area contributed by atoms with Gasteiger partial charge in [0.2, 0.25) is 94.5 Å². The van der Waals surface area contributed by atoms with Gasteiger partial charge in [-0.2, -0.15) is 0 Å². The van der Waals surface area contributed by atoms with E-state index in [4.69, 9.17) is 11.5 Å². The van der Waals surface area contributed by atoms with Gasteiger partial charge in [0.25, 0.3) is 0 Å². The third-order valence-electron chi connectivity index (χ3n) is 22.8. The zero-order valence-corrected chi connectivity index (χ0v) is 80.8. The second-order valence-corrected chi connectivity index (χ2v) is 37.0. The number of phenols is 2. The minimum atomic E-state index is -2.07. The van der Waals surface area contributed by atoms with Gasteiger partial charge in [0.05, 0.1) is 32.0 Å². The highest BCUT2D eigenvalue weighted by molar-refractivity contribution is 6.02. The molecule has 16 atom stereocenters. The van der Waals surface area contributed by atoms with E-state index in [0.29, 0.717) is 36.0 Å². The van der Waals surface area contributed by atoms with Crippen LogP contribution in [0.4, 0.5) is 0 Å². The van der Waals surface area contributed by atoms with Crippen LogP contribution in [-0.4, -0.2) is 271 Å². The highest BCUT2D eigenvalue weighted by atomic mass is 16.4. The Morgan fingerprint density at radius 1 is 0.377 bits per heavy atom. The zero-order valence-electron chi connectivity index (χ0n) is 80.8. The molecule has 3 aromatic rings. The van der Waals surface area contributed by atoms with Gasteiger partial charge in [-0.1, -0.05) is 158 Å². The number of nitrogens with zero attached hydrogens (tertiary/aromatic N) is 1. The van der Waals surface area contributed by atoms with E-state index in [2.05, 4.69) is 79.8 Å². The number of unbranched alkanes of at least 4 members (excludes halogenated alkanes) is 1. The van der Waals surface area contributed by atoms with Crippen LogP contribution in [0.1, 0.15) is 197 Å². The molecule has 1 heterocycles. The lowest BCUT2D eigenvalue weighted by atomic mass is 9.96. The third-order valence-corrected chi connectivity index (χ3v) is 22.8. The van der Waals surface area contributed by atoms with Crippen molar-refractivity contribution in [3.8, 4) is 11.5 Å². The summed E-state index contributed by atoms with van der Waals surface area (Å²) in [4.78, 5) is 278. The lowest BCUT2D eigenvalue weighted by Gasteiger charge is -2.31. The van der Waals surface area contributed by atoms with Crippen molar-refractivity contribution in [3.63, 3.8) is 0 Å². The minimum absolute atomic E-state index is 0.0942. The largest absolute Gasteiger partial charge is 0.508 e. The number of carboxylic acid groups (broad SMARTS) is 4. The molecule has 138 heavy (non-hydrogen) atoms. The van der Waals surface area contributed by atoms with Crippen LogP contribution in [0.3, 0.4) is 0 Å². The van der Waals surface area contributed by atoms with E-state index < -0.39 is 283 Å². The Balaban J connectivity index is 1.59. The summed E-state index contributed by atoms with van der Waals surface area (Å²) in [5, 5.41) is 98.0. The van der Waals surface area contributed by atoms with Crippen LogP contribution >= 0.6 is 0 Å². The molecular formula is C94H142N18O26. The van der Waals surface area contributed by atoms with Gasteiger partial charge in [-0.15, -0.1) is 0 Å². The van der Waals surface area contributed by atoms with E-state index in [1.165, 1.54) is 62.4 Å². The predicted octanol–water partition coefficient (Wildman–Crippen LogP) is -0.841. The number of rotatable bonds is 60. The molecule has 44 heteroatoms. The molecule has 1 aliphatic heterocycles. The van der Waals surface area contributed by atoms with E-state index in [9.17, 15) is 122 Å². The second kappa shape index (κ2) is 58.2. The number of amides is 16. The third kappa shape index (κ3) is 40.9. The Morgan fingerprint density at radius 3 is 1.18 bits per heavy atom. The molecule has 0 spiro atoms. The number of aliphatic carboxylic acids is 4. The van der Waals surface area contributed by atoms with Crippen LogP contribution in [0.25, 0.3) is 0 Å². The molecule has 0 bridgehead atoms. The smallest absolute Gasteiger partial charge is 0.326 e. The molecule has 0 aliphatic carbocycles. The molecule has 0 aromatic heterocycles. The quantitative estimate of drug-likeness (QED) is 0.0306. The van der Waals surface area contributed by atoms with Crippen LogP contribution in [-0.2, 0) is 115 Å². The number of hydrogen-bond acceptors (Lipinski definition) is 24. The number of benzene rings is 3. The van der Waals surface area contributed by atoms with Crippen molar-refractivity contribution in [2.75, 3.05) is 26.2 Å². The lowest BCUT2D eigenvalue weighted by molar-refractivity contribution is -0.145. The number of nitrogens with two attached hydrogens (primary N) is 2. The highest BCUT2D eigenvalue weighted by Crippen LogP contribution is 2.24. The van der Waals surface area contributed by atoms with E-state index in [1.54, 1.807) is 99.6 Å². The number of carbonyl (C=O) groups excluding carboxylic acids is 16. The van der Waals surface area contributed by atoms with Gasteiger partial charge in [-0.3, -0.25) is 91.1 Å². The number of carboxylic acids is 4. The summed E-state index contributed by atoms with van der Waals surface area (Å²) >= 11 is 0. The number of phenolic OH excluding ortho intramolecular Hbond substituents is 2. The van der Waals surface area contributed by atoms with Crippen molar-refractivity contribution in [2.24, 2.45) is 52.9 Å². The monoisotopic (exact) mass is 1940 g/mol. The van der Waals surface area contributed by atoms with E-state index in [-0.39, 0.29) is 88.3 Å². The summed E-state index contributed by atoms with van der Waals surface area (Å²) in [6.07, 6.45) is -3.91. The number of carbonyl (C=O) groups is 20. The molecule has 0 unspecified atom stereocenters. The van der Waals surface area contributed by atoms with Crippen molar-refractivity contribution < 1.29 is 127 Å². The molecular weight excluding hydrogens is 1800 g/mol. The Bertz CT molecular complexity index is 4650. The molecule has 1 fully saturated rings. The van der Waals surface area contributed by atoms with E-state index in [1.807, 2.05) is 13.8 Å². The summed E-state index contributed by atoms with van der Waals surface area (Å²) in [6, 6.07) is -3.85. The molecule has 1 saturated heterocycles. The topological polar surface area (TPSA) is 699 Å². The van der Waals surface area contributed by atoms with E-state index >= 15 is 4.79 Å². The van der Waals surface area contributed by atoms with Crippen molar-refractivity contribution >= 4 is 118 Å². The van der Waals surface area contributed by atoms with Crippen molar-refractivity contribution in [3.05, 3.63) is 95.6 Å². The van der Waals surface area contributed by atoms with Crippen molar-refractivity contribution in [1.29, 1.82) is 0 Å². The highest BCUT2D eigenvalue weighted by Gasteiger charge is 2.43. The van der Waals surface area contributed by atoms with Crippen molar-refractivity contribution in [2.45, 2.75) is 290 Å². The van der Waals surface area contributed by atoms with Crippen LogP contribution in [0.15, 0.2) is 78.9 Å². The fourth-order valence-corrected chi connectivity index (χ4v) is 15.0. The Kier molecular flexibility index (Phi) is 49.3. The van der Waals surface area contributed by atoms with Crippen LogP contribution in [0.5, 0.6) is 11.5 Å². The Labute approximate surface area is 802 Å². The lowest BCUT2D eigenvalue weighted by Crippen LogP contribution is -2.61. The normalized spacial score (nSPS) is 15.7. The first kappa shape index (κ1) is 117. The summed E-state index contributed by atoms with van der Waals surface area (Å²) < 4.78 is 0. The second-order valence-electron chi connectivity index (χ2n) is 37.0. The molecule has 4 rings (SSSR count). The minimum Gasteiger partial charge on any atom is -0.508 e. The Morgan fingerprint density at radius 2 is 0.754 bits per heavy atom. The molecule has 1 aliphatic rings. The predicted molar refractivity (Wildman–Crippen MR) is 502 cm³/mol. The van der Waals surface area contributed by atoms with Gasteiger partial charge in [-0.05, 0) is 147 Å². The molecule has 764 valence electrons. The maximum Gasteiger partial charge on any atom is 0.326 e. The first-order valence-electron chi connectivity index (χ1n) is 46.6. The average Bonchev–Trinajstić information content (AvgIpc) is 1.66. The number of likely N-dealkylation sites (tertiary alicyclic amines) is 1. The Hall–Kier alpha value is -13.4. The van der Waals surface area contributed by atoms with Gasteiger partial charge in [-0.25, -0.2) is 4.79 Å². The molecule has 0 radical (unpaired) electrons. The first-order valence-corrected chi connectivity index (χ1v) is 46.6. The van der Waals surface area contributed by atoms with Crippen LogP contribution in [0, 0.1) is 41.4 Å². The number of nitrogens with one attached hydrogen (secondary N) is 15. The maximum absolute atomic E-state index is 15.0. The van der Waals surface area contributed by atoms with Gasteiger partial charge in [0.1, 0.15) is 96.1 Å². The zero-order chi connectivity index (χ0) is 104. The van der Waals surface area contributed by atoms with Gasteiger partial charge in [0, 0.05) is 32.2 Å². The van der Waals surface area contributed by atoms with Gasteiger partial charge < -0.3 is 127 Å². The summed E-state index contributed by atoms with van der Waals surface area (Å²) in [5.74, 6) is -25.0. The van der Waals surface area contributed by atoms with E-state index in [0.717, 1.165) is 4.90 Å². The van der Waals surface area contributed by atoms with Gasteiger partial charge in [0.15, 0.2) is 0 Å². The summed E-state index contributed by atoms with van der Waals surface area (Å²) in [6.45, 7) is 22.0. The SMILES string of the molecule is CC[C@H](C)[C@H](NC(=O)CNC(=O)[C@@H](NC(=O)[C@@H](N)CC(C)C)C(C)C)C(=O)N[C@H](C(=O)NCC(=O)N[C@@H](Cc1ccc(O)cc1)C(=O)N[C@@H](CCCCN)C(=O)N1CCC[C@H]1C(=O)N[C@@H](CC(=O)O)C(=O)N[C@@H](CCC(=O)O)C(=O)N[C@@H](CC(C)C)C(=O)N[C@@H](CC(C)C)C(=O)N[C@@H](Cc1ccc(O)cc1)C(=O)N[C@@H](Cc1ccccc1)C(=O)N[C@@H](CC(=O)O)C(=O)N[C@H](C(=O)O)C(C)C)C(C)C. The first-order chi connectivity index (χ1) is 64.8. The number of aromatic hydroxyl groups is 2. The molecule has 44 nitrogen and oxygen atoms in total. The summed E-state index contributed by atoms with van der Waals surface area (Å²) in [5.41, 5.74) is 13.1. The van der Waals surface area contributed by atoms with Crippen LogP contribution < -0.4 is 91.2 Å². The molecule has 0 saturated carbocycles. The fraction of sp³-hybridized carbons (Fsp3) is 0.596. The summed E-state index contributed by atoms with van der Waals surface area (Å²) in [7, 11) is 0. The fourth-order valence-electron chi connectivity index (χ4n) is 15.0. The molecule has 3 aromatic carbocycles. The van der Waals surface area contributed by atoms with Crippen molar-refractivity contribution in [1.82, 2.24) is 84.7 Å². The standard InChI is InChI=1S/C94H142N18O26/c1-15-54(14)79(108-72(116)47-98-90(133)76(51(8)9)109-80(123)60(96)38-48(2)3)92(135)110-77(52(10)11)91(134)97-46-71(115)99-65(42-56-26-30-58(113)31-27-56)84(127)101-62(24-19-20-36-95)93(136)112-37-21-25-70(112)89(132)107-68(44-74(119)120)87(130)100-61(34-35-73(117)118)81(124)102-63(39-49(4)5)82(125)103-64(40-50(6)7)83(126)104-67(43-57-28-32-59(114)33-29-57)85(128)105-66(41-55-22-17-16-18-23-55)86(129)106-69(45-75(121)122)88(131)111-78(53(12)13)94(137)138/h16-18,22-23,26-33,48-54,60-70,76-79,113-114H,15,19-21,24-25,34-47,95-96H2,1-14H3,(H,97,134)(H,98,133)(H,99,115)(H,100,130)(H,101,127)(H,102,124)(H,103,125)(H,104,126)(H,105,128)(H,106,129)(H,107,132)(H,108,116)(H,109,123)(H,110,135)(H,111,131)(H,117,118)(H,119,120)(H,121,122)(H,137,138)/t54-,60-,61-,62-,63-,64-,65-,66-,67-,68-,69-,70-,76-,77-,78-,79-/m0/s1. The van der Waals surface area contributed by atoms with Gasteiger partial charge >= 0.3 is 23.9 Å². The van der Waals surface area contributed by atoms with Crippen LogP contribution in [0.2, 0.25) is 0 Å². The molecule has 16 amide bonds. The average molecular weight is 1940 g/mol. The number of hydrogen-bond donors (Lipinski definition) is 23. The molecule has 25 N–H and O–H groups in total. The maximum atomic E-state index is 15.0.